The number of para-hydroxylation sites is 1. The fourth-order valence-electron chi connectivity index (χ4n) is 8.88. The molecule has 8 aromatic rings. The predicted molar refractivity (Wildman–Crippen MR) is 189 cm³/mol. The van der Waals surface area contributed by atoms with Crippen molar-refractivity contribution in [2.75, 3.05) is 0 Å². The molecule has 6 aromatic carbocycles. The van der Waals surface area contributed by atoms with E-state index in [1.807, 2.05) is 11.3 Å². The molecule has 0 bridgehead atoms. The third-order valence-electron chi connectivity index (χ3n) is 10.7. The first-order valence-corrected chi connectivity index (χ1v) is 16.4. The number of aromatic nitrogens is 1. The molecular weight excluding hydrogens is 551 g/mol. The van der Waals surface area contributed by atoms with Crippen molar-refractivity contribution in [3.05, 3.63) is 138 Å². The monoisotopic (exact) mass is 581 g/mol. The van der Waals surface area contributed by atoms with E-state index in [0.29, 0.717) is 0 Å². The summed E-state index contributed by atoms with van der Waals surface area (Å²) in [4.78, 5) is 0. The smallest absolute Gasteiger partial charge is 0.0591 e. The molecule has 0 unspecified atom stereocenters. The van der Waals surface area contributed by atoms with Crippen molar-refractivity contribution in [2.24, 2.45) is 0 Å². The van der Waals surface area contributed by atoms with Crippen LogP contribution in [0, 0.1) is 0 Å². The molecule has 10 rings (SSSR count). The zero-order chi connectivity index (χ0) is 29.5. The summed E-state index contributed by atoms with van der Waals surface area (Å²) < 4.78 is 5.28. The SMILES string of the molecule is CC1(C)c2ccccc2-c2c3c(c4c(c21)c1ccccc1n4-c1ccc2sc4ccccc4c2c1)C(C)(C)c1ccccc1-3. The van der Waals surface area contributed by atoms with Crippen LogP contribution < -0.4 is 0 Å². The Morgan fingerprint density at radius 2 is 1.09 bits per heavy atom. The molecule has 2 aliphatic carbocycles. The summed E-state index contributed by atoms with van der Waals surface area (Å²) in [6.45, 7) is 9.75. The van der Waals surface area contributed by atoms with Crippen LogP contribution in [-0.2, 0) is 10.8 Å². The maximum Gasteiger partial charge on any atom is 0.0591 e. The molecule has 0 amide bonds. The van der Waals surface area contributed by atoms with Crippen LogP contribution in [0.15, 0.2) is 115 Å². The van der Waals surface area contributed by atoms with Crippen LogP contribution in [0.2, 0.25) is 0 Å². The minimum atomic E-state index is -0.161. The normalized spacial score (nSPS) is 15.6. The molecule has 2 aromatic heterocycles. The average molecular weight is 582 g/mol. The van der Waals surface area contributed by atoms with Crippen LogP contribution in [0.1, 0.15) is 49.9 Å². The Morgan fingerprint density at radius 3 is 1.84 bits per heavy atom. The molecule has 0 atom stereocenters. The average Bonchev–Trinajstić information content (AvgIpc) is 3.72. The molecule has 1 nitrogen and oxygen atoms in total. The van der Waals surface area contributed by atoms with Crippen molar-refractivity contribution in [3.8, 4) is 27.9 Å². The molecule has 0 saturated heterocycles. The van der Waals surface area contributed by atoms with Gasteiger partial charge in [0.25, 0.3) is 0 Å². The largest absolute Gasteiger partial charge is 0.309 e. The molecule has 44 heavy (non-hydrogen) atoms. The molecule has 0 fully saturated rings. The highest BCUT2D eigenvalue weighted by molar-refractivity contribution is 7.25. The molecule has 0 saturated carbocycles. The summed E-state index contributed by atoms with van der Waals surface area (Å²) in [5, 5.41) is 5.42. The quantitative estimate of drug-likeness (QED) is 0.182. The van der Waals surface area contributed by atoms with Gasteiger partial charge in [0.05, 0.1) is 11.0 Å². The first-order chi connectivity index (χ1) is 21.4. The molecule has 210 valence electrons. The lowest BCUT2D eigenvalue weighted by atomic mass is 9.76. The van der Waals surface area contributed by atoms with Gasteiger partial charge in [-0.1, -0.05) is 113 Å². The Balaban J connectivity index is 1.47. The first kappa shape index (κ1) is 24.7. The number of nitrogens with zero attached hydrogens (tertiary/aromatic N) is 1. The van der Waals surface area contributed by atoms with E-state index in [2.05, 4.69) is 148 Å². The predicted octanol–water partition coefficient (Wildman–Crippen LogP) is 11.8. The topological polar surface area (TPSA) is 4.93 Å². The second kappa shape index (κ2) is 8.08. The van der Waals surface area contributed by atoms with E-state index in [1.54, 1.807) is 0 Å². The summed E-state index contributed by atoms with van der Waals surface area (Å²) in [6.07, 6.45) is 0. The van der Waals surface area contributed by atoms with Gasteiger partial charge in [-0.2, -0.15) is 0 Å². The Kier molecular flexibility index (Phi) is 4.54. The Morgan fingerprint density at radius 1 is 0.523 bits per heavy atom. The van der Waals surface area contributed by atoms with Crippen molar-refractivity contribution in [2.45, 2.75) is 38.5 Å². The molecular formula is C42H31NS. The molecule has 0 spiro atoms. The zero-order valence-electron chi connectivity index (χ0n) is 25.3. The number of hydrogen-bond acceptors (Lipinski definition) is 1. The van der Waals surface area contributed by atoms with E-state index >= 15 is 0 Å². The van der Waals surface area contributed by atoms with Crippen molar-refractivity contribution >= 4 is 53.3 Å². The molecule has 0 aliphatic heterocycles. The number of hydrogen-bond donors (Lipinski definition) is 0. The maximum atomic E-state index is 2.60. The lowest BCUT2D eigenvalue weighted by Gasteiger charge is -2.27. The van der Waals surface area contributed by atoms with Crippen LogP contribution in [0.4, 0.5) is 0 Å². The number of benzene rings is 6. The number of thiophene rings is 1. The standard InChI is InChI=1S/C42H31NS/c1-41(2)30-17-9-5-14-26(30)35-36-27-15-6-10-18-31(27)42(3,4)39(36)40-37(38(35)41)28-16-7-11-19-32(28)43(40)24-21-22-34-29(23-24)25-13-8-12-20-33(25)44-34/h5-23H,1-4H3. The third-order valence-corrected chi connectivity index (χ3v) is 11.9. The van der Waals surface area contributed by atoms with E-state index < -0.39 is 0 Å². The second-order valence-corrected chi connectivity index (χ2v) is 14.8. The summed E-state index contributed by atoms with van der Waals surface area (Å²) >= 11 is 1.89. The molecule has 0 radical (unpaired) electrons. The van der Waals surface area contributed by atoms with E-state index in [4.69, 9.17) is 0 Å². The van der Waals surface area contributed by atoms with Gasteiger partial charge in [0, 0.05) is 47.5 Å². The minimum Gasteiger partial charge on any atom is -0.309 e. The van der Waals surface area contributed by atoms with Gasteiger partial charge in [0.15, 0.2) is 0 Å². The van der Waals surface area contributed by atoms with Gasteiger partial charge >= 0.3 is 0 Å². The van der Waals surface area contributed by atoms with E-state index in [-0.39, 0.29) is 10.8 Å². The van der Waals surface area contributed by atoms with Gasteiger partial charge in [-0.25, -0.2) is 0 Å². The molecule has 2 heteroatoms. The first-order valence-electron chi connectivity index (χ1n) is 15.6. The molecule has 2 heterocycles. The van der Waals surface area contributed by atoms with E-state index in [1.165, 1.54) is 92.2 Å². The van der Waals surface area contributed by atoms with Crippen LogP contribution in [0.25, 0.3) is 69.9 Å². The zero-order valence-corrected chi connectivity index (χ0v) is 26.1. The fraction of sp³-hybridized carbons (Fsp3) is 0.143. The summed E-state index contributed by atoms with van der Waals surface area (Å²) in [7, 11) is 0. The van der Waals surface area contributed by atoms with Crippen LogP contribution in [-0.4, -0.2) is 4.57 Å². The minimum absolute atomic E-state index is 0.136. The number of fused-ring (bicyclic) bond motifs is 15. The highest BCUT2D eigenvalue weighted by Gasteiger charge is 2.47. The highest BCUT2D eigenvalue weighted by Crippen LogP contribution is 2.63. The lowest BCUT2D eigenvalue weighted by molar-refractivity contribution is 0.658. The Bertz CT molecular complexity index is 2550. The lowest BCUT2D eigenvalue weighted by Crippen LogP contribution is -2.19. The molecule has 0 N–H and O–H groups in total. The maximum absolute atomic E-state index is 2.60. The third kappa shape index (κ3) is 2.82. The van der Waals surface area contributed by atoms with Gasteiger partial charge in [0.2, 0.25) is 0 Å². The highest BCUT2D eigenvalue weighted by atomic mass is 32.1. The Hall–Kier alpha value is -4.66. The van der Waals surface area contributed by atoms with Crippen LogP contribution in [0.3, 0.4) is 0 Å². The van der Waals surface area contributed by atoms with Gasteiger partial charge in [0.1, 0.15) is 0 Å². The van der Waals surface area contributed by atoms with Gasteiger partial charge < -0.3 is 4.57 Å². The van der Waals surface area contributed by atoms with Crippen molar-refractivity contribution in [1.29, 1.82) is 0 Å². The van der Waals surface area contributed by atoms with E-state index in [9.17, 15) is 0 Å². The molecule has 2 aliphatic rings. The van der Waals surface area contributed by atoms with Crippen molar-refractivity contribution < 1.29 is 0 Å². The summed E-state index contributed by atoms with van der Waals surface area (Å²) in [5.41, 5.74) is 15.0. The summed E-state index contributed by atoms with van der Waals surface area (Å²) in [5.74, 6) is 0. The van der Waals surface area contributed by atoms with Gasteiger partial charge in [-0.15, -0.1) is 11.3 Å². The number of rotatable bonds is 1. The van der Waals surface area contributed by atoms with Gasteiger partial charge in [-0.3, -0.25) is 0 Å². The van der Waals surface area contributed by atoms with Crippen LogP contribution >= 0.6 is 11.3 Å². The van der Waals surface area contributed by atoms with E-state index in [0.717, 1.165) is 0 Å². The van der Waals surface area contributed by atoms with Crippen molar-refractivity contribution in [1.82, 2.24) is 4.57 Å². The van der Waals surface area contributed by atoms with Crippen molar-refractivity contribution in [3.63, 3.8) is 0 Å². The fourth-order valence-corrected chi connectivity index (χ4v) is 9.96. The Labute approximate surface area is 261 Å². The van der Waals surface area contributed by atoms with Crippen LogP contribution in [0.5, 0.6) is 0 Å². The summed E-state index contributed by atoms with van der Waals surface area (Å²) in [6, 6.07) is 43.4. The second-order valence-electron chi connectivity index (χ2n) is 13.7. The van der Waals surface area contributed by atoms with Gasteiger partial charge in [-0.05, 0) is 74.8 Å².